The minimum atomic E-state index is -0.563. The van der Waals surface area contributed by atoms with Crippen molar-refractivity contribution in [3.05, 3.63) is 53.6 Å². The van der Waals surface area contributed by atoms with Gasteiger partial charge >= 0.3 is 0 Å². The zero-order chi connectivity index (χ0) is 18.4. The number of aryl methyl sites for hydroxylation is 1. The third kappa shape index (κ3) is 4.75. The lowest BCUT2D eigenvalue weighted by atomic mass is 9.98. The Bertz CT molecular complexity index is 725. The Balaban J connectivity index is 2.18. The monoisotopic (exact) mass is 341 g/mol. The SMILES string of the molecule is CCC(Oc1cccc(OC)c1)C(=O)Nc1c(C)cccc1C(C)C. The van der Waals surface area contributed by atoms with Crippen LogP contribution in [0, 0.1) is 6.92 Å². The summed E-state index contributed by atoms with van der Waals surface area (Å²) in [6, 6.07) is 13.4. The highest BCUT2D eigenvalue weighted by molar-refractivity contribution is 5.95. The van der Waals surface area contributed by atoms with Gasteiger partial charge in [0, 0.05) is 11.8 Å². The molecule has 0 saturated carbocycles. The fourth-order valence-corrected chi connectivity index (χ4v) is 2.71. The van der Waals surface area contributed by atoms with Crippen LogP contribution in [0.15, 0.2) is 42.5 Å². The summed E-state index contributed by atoms with van der Waals surface area (Å²) in [5, 5.41) is 3.06. The maximum absolute atomic E-state index is 12.8. The van der Waals surface area contributed by atoms with Crippen molar-refractivity contribution in [1.29, 1.82) is 0 Å². The highest BCUT2D eigenvalue weighted by atomic mass is 16.5. The number of para-hydroxylation sites is 1. The lowest BCUT2D eigenvalue weighted by Gasteiger charge is -2.21. The zero-order valence-electron chi connectivity index (χ0n) is 15.6. The normalized spacial score (nSPS) is 11.9. The zero-order valence-corrected chi connectivity index (χ0v) is 15.6. The number of nitrogens with one attached hydrogen (secondary N) is 1. The van der Waals surface area contributed by atoms with E-state index in [1.807, 2.05) is 44.2 Å². The van der Waals surface area contributed by atoms with E-state index < -0.39 is 6.10 Å². The molecule has 0 spiro atoms. The van der Waals surface area contributed by atoms with Crippen LogP contribution in [-0.4, -0.2) is 19.1 Å². The van der Waals surface area contributed by atoms with E-state index in [0.717, 1.165) is 16.8 Å². The Kier molecular flexibility index (Phi) is 6.45. The predicted octanol–water partition coefficient (Wildman–Crippen LogP) is 4.92. The Morgan fingerprint density at radius 2 is 1.80 bits per heavy atom. The van der Waals surface area contributed by atoms with Crippen molar-refractivity contribution in [1.82, 2.24) is 0 Å². The molecule has 0 fully saturated rings. The minimum Gasteiger partial charge on any atom is -0.497 e. The fourth-order valence-electron chi connectivity index (χ4n) is 2.71. The van der Waals surface area contributed by atoms with Crippen LogP contribution in [-0.2, 0) is 4.79 Å². The van der Waals surface area contributed by atoms with Gasteiger partial charge < -0.3 is 14.8 Å². The summed E-state index contributed by atoms with van der Waals surface area (Å²) < 4.78 is 11.1. The maximum atomic E-state index is 12.8. The van der Waals surface area contributed by atoms with Gasteiger partial charge in [-0.05, 0) is 42.5 Å². The topological polar surface area (TPSA) is 47.6 Å². The van der Waals surface area contributed by atoms with Crippen molar-refractivity contribution in [2.75, 3.05) is 12.4 Å². The van der Waals surface area contributed by atoms with Gasteiger partial charge in [0.15, 0.2) is 6.10 Å². The summed E-state index contributed by atoms with van der Waals surface area (Å²) in [5.41, 5.74) is 3.07. The molecule has 0 aliphatic carbocycles. The molecule has 1 amide bonds. The molecule has 25 heavy (non-hydrogen) atoms. The van der Waals surface area contributed by atoms with E-state index in [0.29, 0.717) is 23.8 Å². The van der Waals surface area contributed by atoms with Gasteiger partial charge in [0.1, 0.15) is 11.5 Å². The lowest BCUT2D eigenvalue weighted by molar-refractivity contribution is -0.122. The summed E-state index contributed by atoms with van der Waals surface area (Å²) in [4.78, 5) is 12.8. The van der Waals surface area contributed by atoms with E-state index in [2.05, 4.69) is 25.2 Å². The average molecular weight is 341 g/mol. The molecule has 0 aliphatic heterocycles. The Labute approximate surface area is 150 Å². The molecule has 2 rings (SSSR count). The molecule has 0 aliphatic rings. The predicted molar refractivity (Wildman–Crippen MR) is 102 cm³/mol. The van der Waals surface area contributed by atoms with Crippen molar-refractivity contribution in [2.24, 2.45) is 0 Å². The molecule has 0 aromatic heterocycles. The summed E-state index contributed by atoms with van der Waals surface area (Å²) in [6.07, 6.45) is 0.0121. The average Bonchev–Trinajstić information content (AvgIpc) is 2.61. The van der Waals surface area contributed by atoms with Crippen LogP contribution < -0.4 is 14.8 Å². The van der Waals surface area contributed by atoms with Crippen LogP contribution in [0.5, 0.6) is 11.5 Å². The Hall–Kier alpha value is -2.49. The van der Waals surface area contributed by atoms with E-state index in [9.17, 15) is 4.79 Å². The number of carbonyl (C=O) groups is 1. The van der Waals surface area contributed by atoms with E-state index in [1.54, 1.807) is 13.2 Å². The number of carbonyl (C=O) groups excluding carboxylic acids is 1. The molecule has 0 saturated heterocycles. The number of amides is 1. The van der Waals surface area contributed by atoms with Crippen LogP contribution in [0.1, 0.15) is 44.2 Å². The molecule has 0 radical (unpaired) electrons. The molecule has 2 aromatic rings. The van der Waals surface area contributed by atoms with Gasteiger partial charge in [-0.3, -0.25) is 4.79 Å². The number of anilines is 1. The van der Waals surface area contributed by atoms with Crippen molar-refractivity contribution < 1.29 is 14.3 Å². The highest BCUT2D eigenvalue weighted by Crippen LogP contribution is 2.28. The van der Waals surface area contributed by atoms with Gasteiger partial charge in [0.25, 0.3) is 5.91 Å². The second-order valence-electron chi connectivity index (χ2n) is 6.38. The molecule has 1 atom stereocenters. The molecule has 2 aromatic carbocycles. The third-order valence-electron chi connectivity index (χ3n) is 4.16. The minimum absolute atomic E-state index is 0.137. The number of ether oxygens (including phenoxy) is 2. The van der Waals surface area contributed by atoms with Crippen molar-refractivity contribution in [2.45, 2.75) is 46.1 Å². The van der Waals surface area contributed by atoms with E-state index in [1.165, 1.54) is 0 Å². The Morgan fingerprint density at radius 3 is 2.44 bits per heavy atom. The van der Waals surface area contributed by atoms with E-state index >= 15 is 0 Å². The Morgan fingerprint density at radius 1 is 1.12 bits per heavy atom. The third-order valence-corrected chi connectivity index (χ3v) is 4.16. The first kappa shape index (κ1) is 18.8. The first-order valence-corrected chi connectivity index (χ1v) is 8.67. The largest absolute Gasteiger partial charge is 0.497 e. The molecular formula is C21H27NO3. The van der Waals surface area contributed by atoms with Gasteiger partial charge in [0.2, 0.25) is 0 Å². The summed E-state index contributed by atoms with van der Waals surface area (Å²) in [7, 11) is 1.61. The highest BCUT2D eigenvalue weighted by Gasteiger charge is 2.21. The van der Waals surface area contributed by atoms with Crippen molar-refractivity contribution in [3.8, 4) is 11.5 Å². The molecule has 0 heterocycles. The van der Waals surface area contributed by atoms with Crippen LogP contribution in [0.4, 0.5) is 5.69 Å². The second kappa shape index (κ2) is 8.56. The van der Waals surface area contributed by atoms with Gasteiger partial charge in [-0.1, -0.05) is 45.0 Å². The van der Waals surface area contributed by atoms with Gasteiger partial charge in [-0.25, -0.2) is 0 Å². The van der Waals surface area contributed by atoms with Gasteiger partial charge in [0.05, 0.1) is 7.11 Å². The number of hydrogen-bond acceptors (Lipinski definition) is 3. The van der Waals surface area contributed by atoms with Crippen LogP contribution in [0.25, 0.3) is 0 Å². The lowest BCUT2D eigenvalue weighted by Crippen LogP contribution is -2.33. The molecule has 134 valence electrons. The maximum Gasteiger partial charge on any atom is 0.265 e. The van der Waals surface area contributed by atoms with Crippen LogP contribution in [0.3, 0.4) is 0 Å². The summed E-state index contributed by atoms with van der Waals surface area (Å²) in [5.74, 6) is 1.51. The summed E-state index contributed by atoms with van der Waals surface area (Å²) in [6.45, 7) is 8.18. The molecule has 4 nitrogen and oxygen atoms in total. The molecule has 0 bridgehead atoms. The van der Waals surface area contributed by atoms with Crippen LogP contribution >= 0.6 is 0 Å². The first-order valence-electron chi connectivity index (χ1n) is 8.67. The van der Waals surface area contributed by atoms with Crippen LogP contribution in [0.2, 0.25) is 0 Å². The number of rotatable bonds is 7. The quantitative estimate of drug-likeness (QED) is 0.777. The standard InChI is InChI=1S/C21H27NO3/c1-6-19(25-17-11-8-10-16(13-17)24-5)21(23)22-20-15(4)9-7-12-18(20)14(2)3/h7-14,19H,6H2,1-5H3,(H,22,23). The molecule has 1 unspecified atom stereocenters. The second-order valence-corrected chi connectivity index (χ2v) is 6.38. The summed E-state index contributed by atoms with van der Waals surface area (Å²) >= 11 is 0. The number of hydrogen-bond donors (Lipinski definition) is 1. The van der Waals surface area contributed by atoms with Crippen molar-refractivity contribution in [3.63, 3.8) is 0 Å². The number of methoxy groups -OCH3 is 1. The molecule has 4 heteroatoms. The smallest absolute Gasteiger partial charge is 0.265 e. The number of benzene rings is 2. The fraction of sp³-hybridized carbons (Fsp3) is 0.381. The molecular weight excluding hydrogens is 314 g/mol. The van der Waals surface area contributed by atoms with Gasteiger partial charge in [-0.2, -0.15) is 0 Å². The van der Waals surface area contributed by atoms with Crippen molar-refractivity contribution >= 4 is 11.6 Å². The van der Waals surface area contributed by atoms with Gasteiger partial charge in [-0.15, -0.1) is 0 Å². The van der Waals surface area contributed by atoms with E-state index in [4.69, 9.17) is 9.47 Å². The molecule has 1 N–H and O–H groups in total. The van der Waals surface area contributed by atoms with E-state index in [-0.39, 0.29) is 5.91 Å². The first-order chi connectivity index (χ1) is 12.0.